The van der Waals surface area contributed by atoms with Gasteiger partial charge in [0.2, 0.25) is 0 Å². The van der Waals surface area contributed by atoms with Crippen LogP contribution in [0, 0.1) is 0 Å². The minimum atomic E-state index is 0. The summed E-state index contributed by atoms with van der Waals surface area (Å²) in [5, 5.41) is 2.92. The van der Waals surface area contributed by atoms with E-state index in [-0.39, 0.29) is 1.43 Å². The molecule has 1 fully saturated rings. The Hall–Kier alpha value is -0.370. The average Bonchev–Trinajstić information content (AvgIpc) is 1.86. The standard InChI is InChI=1S/C4H7NO.H2/c6-4-1-2-5-3-4;/h5H,1-3H2;1H. The summed E-state index contributed by atoms with van der Waals surface area (Å²) in [6, 6.07) is 0. The van der Waals surface area contributed by atoms with Gasteiger partial charge in [0.05, 0.1) is 6.54 Å². The van der Waals surface area contributed by atoms with Gasteiger partial charge in [-0.2, -0.15) is 0 Å². The molecule has 0 atom stereocenters. The van der Waals surface area contributed by atoms with E-state index in [1.165, 1.54) is 0 Å². The van der Waals surface area contributed by atoms with Crippen LogP contribution in [0.2, 0.25) is 0 Å². The van der Waals surface area contributed by atoms with Gasteiger partial charge >= 0.3 is 0 Å². The predicted molar refractivity (Wildman–Crippen MR) is 24.6 cm³/mol. The Kier molecular flexibility index (Phi) is 0.881. The first-order valence-corrected chi connectivity index (χ1v) is 2.12. The van der Waals surface area contributed by atoms with E-state index in [9.17, 15) is 4.79 Å². The van der Waals surface area contributed by atoms with Gasteiger partial charge in [0.1, 0.15) is 5.78 Å². The van der Waals surface area contributed by atoms with Crippen molar-refractivity contribution in [2.75, 3.05) is 13.1 Å². The number of rotatable bonds is 0. The Bertz CT molecular complexity index is 66.1. The maximum atomic E-state index is 10.2. The molecule has 0 unspecified atom stereocenters. The fourth-order valence-electron chi connectivity index (χ4n) is 0.544. The second-order valence-electron chi connectivity index (χ2n) is 1.47. The molecule has 0 amide bonds. The molecule has 1 heterocycles. The molecule has 0 aliphatic carbocycles. The molecule has 2 nitrogen and oxygen atoms in total. The lowest BCUT2D eigenvalue weighted by atomic mass is 10.4. The molecule has 6 heavy (non-hydrogen) atoms. The van der Waals surface area contributed by atoms with E-state index in [1.807, 2.05) is 0 Å². The number of carbonyl (C=O) groups is 1. The lowest BCUT2D eigenvalue weighted by Gasteiger charge is -1.75. The number of ketones is 1. The van der Waals surface area contributed by atoms with Crippen molar-refractivity contribution in [1.82, 2.24) is 5.32 Å². The van der Waals surface area contributed by atoms with E-state index < -0.39 is 0 Å². The van der Waals surface area contributed by atoms with Crippen LogP contribution in [-0.4, -0.2) is 18.9 Å². The zero-order valence-corrected chi connectivity index (χ0v) is 3.53. The first-order valence-electron chi connectivity index (χ1n) is 2.12. The average molecular weight is 87.1 g/mol. The normalized spacial score (nSPS) is 22.3. The summed E-state index contributed by atoms with van der Waals surface area (Å²) >= 11 is 0. The fraction of sp³-hybridized carbons (Fsp3) is 0.750. The smallest absolute Gasteiger partial charge is 0.147 e. The molecule has 0 aromatic carbocycles. The molecule has 1 rings (SSSR count). The van der Waals surface area contributed by atoms with Gasteiger partial charge in [0.25, 0.3) is 0 Å². The number of hydrogen-bond donors (Lipinski definition) is 1. The van der Waals surface area contributed by atoms with Gasteiger partial charge < -0.3 is 5.32 Å². The summed E-state index contributed by atoms with van der Waals surface area (Å²) in [5.74, 6) is 0.343. The van der Waals surface area contributed by atoms with E-state index in [4.69, 9.17) is 0 Å². The molecule has 0 spiro atoms. The third-order valence-corrected chi connectivity index (χ3v) is 0.903. The Morgan fingerprint density at radius 2 is 2.67 bits per heavy atom. The Balaban J connectivity index is 0.000000360. The molecule has 0 saturated carbocycles. The lowest BCUT2D eigenvalue weighted by Crippen LogP contribution is -2.07. The molecule has 36 valence electrons. The van der Waals surface area contributed by atoms with Gasteiger partial charge in [-0.1, -0.05) is 0 Å². The molecule has 1 saturated heterocycles. The number of nitrogens with one attached hydrogen (secondary N) is 1. The van der Waals surface area contributed by atoms with E-state index >= 15 is 0 Å². The number of hydrogen-bond acceptors (Lipinski definition) is 2. The van der Waals surface area contributed by atoms with Crippen molar-refractivity contribution in [1.29, 1.82) is 0 Å². The van der Waals surface area contributed by atoms with Crippen molar-refractivity contribution in [3.8, 4) is 0 Å². The van der Waals surface area contributed by atoms with Gasteiger partial charge in [0.15, 0.2) is 0 Å². The molecule has 1 aliphatic rings. The van der Waals surface area contributed by atoms with Crippen molar-refractivity contribution in [2.45, 2.75) is 6.42 Å². The highest BCUT2D eigenvalue weighted by Crippen LogP contribution is 1.85. The highest BCUT2D eigenvalue weighted by Gasteiger charge is 2.06. The highest BCUT2D eigenvalue weighted by molar-refractivity contribution is 5.82. The molecule has 0 aromatic rings. The zero-order chi connectivity index (χ0) is 4.41. The van der Waals surface area contributed by atoms with Crippen molar-refractivity contribution in [3.05, 3.63) is 0 Å². The molecule has 2 heteroatoms. The van der Waals surface area contributed by atoms with Gasteiger partial charge in [-0.05, 0) is 0 Å². The van der Waals surface area contributed by atoms with Crippen molar-refractivity contribution >= 4 is 5.78 Å². The van der Waals surface area contributed by atoms with Gasteiger partial charge in [-0.25, -0.2) is 0 Å². The summed E-state index contributed by atoms with van der Waals surface area (Å²) in [5.41, 5.74) is 0. The van der Waals surface area contributed by atoms with Crippen LogP contribution in [0.4, 0.5) is 0 Å². The summed E-state index contributed by atoms with van der Waals surface area (Å²) in [6.07, 6.45) is 0.736. The van der Waals surface area contributed by atoms with E-state index in [0.717, 1.165) is 13.0 Å². The topological polar surface area (TPSA) is 29.1 Å². The second-order valence-corrected chi connectivity index (χ2v) is 1.47. The van der Waals surface area contributed by atoms with Crippen molar-refractivity contribution in [2.24, 2.45) is 0 Å². The zero-order valence-electron chi connectivity index (χ0n) is 3.53. The summed E-state index contributed by atoms with van der Waals surface area (Å²) in [4.78, 5) is 10.2. The maximum Gasteiger partial charge on any atom is 0.147 e. The molecule has 0 bridgehead atoms. The molecule has 1 N–H and O–H groups in total. The number of carbonyl (C=O) groups excluding carboxylic acids is 1. The fourth-order valence-corrected chi connectivity index (χ4v) is 0.544. The number of Topliss-reactive ketones (excluding diaryl/α,β-unsaturated/α-hetero) is 1. The van der Waals surface area contributed by atoms with Crippen LogP contribution in [-0.2, 0) is 4.79 Å². The molecule has 1 aliphatic heterocycles. The third-order valence-electron chi connectivity index (χ3n) is 0.903. The summed E-state index contributed by atoms with van der Waals surface area (Å²) < 4.78 is 0. The summed E-state index contributed by atoms with van der Waals surface area (Å²) in [6.45, 7) is 1.48. The van der Waals surface area contributed by atoms with Crippen LogP contribution in [0.5, 0.6) is 0 Å². The first kappa shape index (κ1) is 3.81. The van der Waals surface area contributed by atoms with Crippen LogP contribution in [0.1, 0.15) is 7.85 Å². The SMILES string of the molecule is O=C1CCNC1.[HH]. The van der Waals surface area contributed by atoms with E-state index in [0.29, 0.717) is 12.3 Å². The molecular weight excluding hydrogens is 78.0 g/mol. The van der Waals surface area contributed by atoms with Gasteiger partial charge in [-0.3, -0.25) is 4.79 Å². The van der Waals surface area contributed by atoms with Crippen LogP contribution in [0.15, 0.2) is 0 Å². The summed E-state index contributed by atoms with van der Waals surface area (Å²) in [7, 11) is 0. The highest BCUT2D eigenvalue weighted by atomic mass is 16.1. The minimum absolute atomic E-state index is 0. The predicted octanol–water partition coefficient (Wildman–Crippen LogP) is -0.205. The Labute approximate surface area is 38.0 Å². The quantitative estimate of drug-likeness (QED) is 0.443. The van der Waals surface area contributed by atoms with E-state index in [2.05, 4.69) is 5.32 Å². The van der Waals surface area contributed by atoms with Crippen LogP contribution in [0.3, 0.4) is 0 Å². The monoisotopic (exact) mass is 87.1 g/mol. The lowest BCUT2D eigenvalue weighted by molar-refractivity contribution is -0.116. The molecule has 0 radical (unpaired) electrons. The molecular formula is C4H9NO. The van der Waals surface area contributed by atoms with Crippen LogP contribution in [0.25, 0.3) is 0 Å². The van der Waals surface area contributed by atoms with Crippen LogP contribution >= 0.6 is 0 Å². The molecule has 0 aromatic heterocycles. The maximum absolute atomic E-state index is 10.2. The van der Waals surface area contributed by atoms with Crippen molar-refractivity contribution < 1.29 is 6.22 Å². The largest absolute Gasteiger partial charge is 0.310 e. The second kappa shape index (κ2) is 1.39. The third kappa shape index (κ3) is 0.571. The van der Waals surface area contributed by atoms with Gasteiger partial charge in [-0.15, -0.1) is 0 Å². The Morgan fingerprint density at radius 1 is 1.83 bits per heavy atom. The van der Waals surface area contributed by atoms with E-state index in [1.54, 1.807) is 0 Å². The van der Waals surface area contributed by atoms with Crippen LogP contribution < -0.4 is 5.32 Å². The first-order chi connectivity index (χ1) is 2.89. The van der Waals surface area contributed by atoms with Crippen molar-refractivity contribution in [3.63, 3.8) is 0 Å². The minimum Gasteiger partial charge on any atom is -0.310 e. The van der Waals surface area contributed by atoms with Gasteiger partial charge in [0, 0.05) is 14.4 Å². The Morgan fingerprint density at radius 3 is 2.83 bits per heavy atom.